The quantitative estimate of drug-likeness (QED) is 0.557. The molecule has 16 heavy (non-hydrogen) atoms. The highest BCUT2D eigenvalue weighted by molar-refractivity contribution is 5.83. The molecule has 4 heteroatoms. The number of carbonyl (C=O) groups excluding carboxylic acids is 2. The largest absolute Gasteiger partial charge is 0.466 e. The number of hydrogen-bond donors (Lipinski definition) is 1. The maximum Gasteiger partial charge on any atom is 0.302 e. The topological polar surface area (TPSA) is 63.6 Å². The molecule has 94 valence electrons. The van der Waals surface area contributed by atoms with Gasteiger partial charge in [-0.1, -0.05) is 20.8 Å². The van der Waals surface area contributed by atoms with Crippen LogP contribution in [0.5, 0.6) is 0 Å². The molecule has 1 atom stereocenters. The van der Waals surface area contributed by atoms with Crippen LogP contribution in [0.4, 0.5) is 0 Å². The number of ketones is 1. The van der Waals surface area contributed by atoms with Crippen molar-refractivity contribution in [1.82, 2.24) is 0 Å². The lowest BCUT2D eigenvalue weighted by Gasteiger charge is -2.18. The number of rotatable bonds is 6. The Morgan fingerprint density at radius 2 is 1.88 bits per heavy atom. The van der Waals surface area contributed by atoms with E-state index >= 15 is 0 Å². The van der Waals surface area contributed by atoms with E-state index < -0.39 is 11.5 Å². The number of ether oxygens (including phenoxy) is 1. The third-order valence-corrected chi connectivity index (χ3v) is 2.24. The minimum absolute atomic E-state index is 0.0486. The summed E-state index contributed by atoms with van der Waals surface area (Å²) in [6.07, 6.45) is 0.596. The van der Waals surface area contributed by atoms with Gasteiger partial charge in [-0.15, -0.1) is 0 Å². The molecule has 0 amide bonds. The summed E-state index contributed by atoms with van der Waals surface area (Å²) < 4.78 is 4.73. The van der Waals surface area contributed by atoms with Gasteiger partial charge >= 0.3 is 5.97 Å². The van der Waals surface area contributed by atoms with Crippen LogP contribution in [0, 0.1) is 5.41 Å². The van der Waals surface area contributed by atoms with Crippen molar-refractivity contribution < 1.29 is 19.4 Å². The van der Waals surface area contributed by atoms with Crippen molar-refractivity contribution in [2.75, 3.05) is 6.61 Å². The smallest absolute Gasteiger partial charge is 0.302 e. The Labute approximate surface area is 97.0 Å². The van der Waals surface area contributed by atoms with E-state index in [0.29, 0.717) is 19.4 Å². The summed E-state index contributed by atoms with van der Waals surface area (Å²) in [5, 5.41) is 9.59. The van der Waals surface area contributed by atoms with Crippen LogP contribution < -0.4 is 0 Å². The fourth-order valence-corrected chi connectivity index (χ4v) is 1.16. The molecule has 1 unspecified atom stereocenters. The lowest BCUT2D eigenvalue weighted by atomic mass is 9.87. The third kappa shape index (κ3) is 7.40. The van der Waals surface area contributed by atoms with Gasteiger partial charge in [0.2, 0.25) is 0 Å². The van der Waals surface area contributed by atoms with Gasteiger partial charge < -0.3 is 9.84 Å². The lowest BCUT2D eigenvalue weighted by molar-refractivity contribution is -0.141. The van der Waals surface area contributed by atoms with E-state index in [1.165, 1.54) is 6.92 Å². The zero-order valence-corrected chi connectivity index (χ0v) is 10.6. The molecule has 0 aromatic rings. The molecule has 0 radical (unpaired) electrons. The molecule has 0 spiro atoms. The van der Waals surface area contributed by atoms with Gasteiger partial charge in [0, 0.05) is 18.8 Å². The first-order valence-electron chi connectivity index (χ1n) is 5.58. The Morgan fingerprint density at radius 3 is 2.31 bits per heavy atom. The summed E-state index contributed by atoms with van der Waals surface area (Å²) in [6, 6.07) is 0. The van der Waals surface area contributed by atoms with Crippen LogP contribution in [0.2, 0.25) is 0 Å². The number of esters is 1. The molecule has 4 nitrogen and oxygen atoms in total. The summed E-state index contributed by atoms with van der Waals surface area (Å²) in [4.78, 5) is 22.0. The van der Waals surface area contributed by atoms with Gasteiger partial charge in [0.1, 0.15) is 5.78 Å². The predicted octanol–water partition coefficient (Wildman–Crippen LogP) is 1.70. The van der Waals surface area contributed by atoms with Crippen molar-refractivity contribution in [2.24, 2.45) is 5.41 Å². The molecule has 0 aromatic heterocycles. The third-order valence-electron chi connectivity index (χ3n) is 2.24. The lowest BCUT2D eigenvalue weighted by Crippen LogP contribution is -2.25. The molecular formula is C12H22O4. The average molecular weight is 230 g/mol. The molecule has 0 aliphatic carbocycles. The molecule has 0 aromatic carbocycles. The first-order valence-corrected chi connectivity index (χ1v) is 5.58. The molecular weight excluding hydrogens is 208 g/mol. The van der Waals surface area contributed by atoms with E-state index in [9.17, 15) is 14.7 Å². The van der Waals surface area contributed by atoms with E-state index in [4.69, 9.17) is 4.74 Å². The van der Waals surface area contributed by atoms with Crippen molar-refractivity contribution in [3.63, 3.8) is 0 Å². The molecule has 0 aliphatic heterocycles. The molecule has 0 fully saturated rings. The van der Waals surface area contributed by atoms with Crippen molar-refractivity contribution in [3.05, 3.63) is 0 Å². The highest BCUT2D eigenvalue weighted by atomic mass is 16.5. The van der Waals surface area contributed by atoms with E-state index in [1.54, 1.807) is 0 Å². The van der Waals surface area contributed by atoms with E-state index in [1.807, 2.05) is 20.8 Å². The van der Waals surface area contributed by atoms with Gasteiger partial charge in [-0.05, 0) is 12.8 Å². The first-order chi connectivity index (χ1) is 7.23. The number of hydrogen-bond acceptors (Lipinski definition) is 4. The summed E-state index contributed by atoms with van der Waals surface area (Å²) in [5.74, 6) is -0.271. The Bertz CT molecular complexity index is 240. The first kappa shape index (κ1) is 15.1. The fourth-order valence-electron chi connectivity index (χ4n) is 1.16. The molecule has 0 bridgehead atoms. The van der Waals surface area contributed by atoms with E-state index in [2.05, 4.69) is 0 Å². The highest BCUT2D eigenvalue weighted by Crippen LogP contribution is 2.18. The normalized spacial score (nSPS) is 13.3. The van der Waals surface area contributed by atoms with Gasteiger partial charge in [-0.25, -0.2) is 0 Å². The standard InChI is InChI=1S/C12H22O4/c1-9(13)16-7-5-6-10(14)8-11(15)12(2,3)4/h10,14H,5-8H2,1-4H3. The van der Waals surface area contributed by atoms with Gasteiger partial charge in [-0.2, -0.15) is 0 Å². The van der Waals surface area contributed by atoms with Crippen molar-refractivity contribution in [3.8, 4) is 0 Å². The zero-order valence-electron chi connectivity index (χ0n) is 10.6. The molecule has 0 saturated heterocycles. The van der Waals surface area contributed by atoms with Crippen LogP contribution in [0.3, 0.4) is 0 Å². The van der Waals surface area contributed by atoms with Crippen molar-refractivity contribution in [2.45, 2.75) is 53.1 Å². The maximum absolute atomic E-state index is 11.6. The zero-order chi connectivity index (χ0) is 12.8. The molecule has 0 saturated carbocycles. The second-order valence-corrected chi connectivity index (χ2v) is 5.01. The van der Waals surface area contributed by atoms with Gasteiger partial charge in [0.05, 0.1) is 12.7 Å². The second-order valence-electron chi connectivity index (χ2n) is 5.01. The van der Waals surface area contributed by atoms with Crippen molar-refractivity contribution in [1.29, 1.82) is 0 Å². The Balaban J connectivity index is 3.71. The number of Topliss-reactive ketones (excluding diaryl/α,β-unsaturated/α-hetero) is 1. The number of carbonyl (C=O) groups is 2. The highest BCUT2D eigenvalue weighted by Gasteiger charge is 2.23. The predicted molar refractivity (Wildman–Crippen MR) is 61.0 cm³/mol. The Morgan fingerprint density at radius 1 is 1.31 bits per heavy atom. The van der Waals surface area contributed by atoms with Crippen LogP contribution in [-0.4, -0.2) is 29.6 Å². The van der Waals surface area contributed by atoms with Gasteiger partial charge in [0.25, 0.3) is 0 Å². The second kappa shape index (κ2) is 6.63. The van der Waals surface area contributed by atoms with E-state index in [-0.39, 0.29) is 18.2 Å². The SMILES string of the molecule is CC(=O)OCCCC(O)CC(=O)C(C)(C)C. The van der Waals surface area contributed by atoms with Crippen LogP contribution in [-0.2, 0) is 14.3 Å². The van der Waals surface area contributed by atoms with Crippen LogP contribution in [0.1, 0.15) is 47.0 Å². The summed E-state index contributed by atoms with van der Waals surface area (Å²) in [7, 11) is 0. The van der Waals surface area contributed by atoms with Crippen LogP contribution >= 0.6 is 0 Å². The minimum Gasteiger partial charge on any atom is -0.466 e. The monoisotopic (exact) mass is 230 g/mol. The van der Waals surface area contributed by atoms with Crippen LogP contribution in [0.15, 0.2) is 0 Å². The van der Waals surface area contributed by atoms with Crippen LogP contribution in [0.25, 0.3) is 0 Å². The Kier molecular flexibility index (Phi) is 6.26. The number of aliphatic hydroxyl groups excluding tert-OH is 1. The molecule has 1 N–H and O–H groups in total. The Hall–Kier alpha value is -0.900. The van der Waals surface area contributed by atoms with Crippen molar-refractivity contribution >= 4 is 11.8 Å². The van der Waals surface area contributed by atoms with Gasteiger partial charge in [0.15, 0.2) is 0 Å². The summed E-state index contributed by atoms with van der Waals surface area (Å²) in [5.41, 5.74) is -0.406. The molecule has 0 rings (SSSR count). The molecule has 0 aliphatic rings. The summed E-state index contributed by atoms with van der Waals surface area (Å²) >= 11 is 0. The van der Waals surface area contributed by atoms with Gasteiger partial charge in [-0.3, -0.25) is 9.59 Å². The maximum atomic E-state index is 11.6. The summed E-state index contributed by atoms with van der Waals surface area (Å²) in [6.45, 7) is 7.15. The fraction of sp³-hybridized carbons (Fsp3) is 0.833. The molecule has 0 heterocycles. The number of aliphatic hydroxyl groups is 1. The average Bonchev–Trinajstić information content (AvgIpc) is 2.10. The van der Waals surface area contributed by atoms with E-state index in [0.717, 1.165) is 0 Å². The minimum atomic E-state index is -0.637.